The minimum absolute atomic E-state index is 0.151. The minimum atomic E-state index is -2.18. The predicted octanol–water partition coefficient (Wildman–Crippen LogP) is 4.93. The highest BCUT2D eigenvalue weighted by Gasteiger charge is 2.41. The fraction of sp³-hybridized carbons (Fsp3) is 0.440. The lowest BCUT2D eigenvalue weighted by Crippen LogP contribution is -2.59. The first-order valence-electron chi connectivity index (χ1n) is 10.3. The van der Waals surface area contributed by atoms with Crippen molar-refractivity contribution in [1.82, 2.24) is 0 Å². The van der Waals surface area contributed by atoms with E-state index in [4.69, 9.17) is 0 Å². The summed E-state index contributed by atoms with van der Waals surface area (Å²) < 4.78 is 0. The van der Waals surface area contributed by atoms with Crippen LogP contribution in [-0.4, -0.2) is 27.4 Å². The van der Waals surface area contributed by atoms with E-state index in [9.17, 15) is 5.11 Å². The van der Waals surface area contributed by atoms with Crippen LogP contribution < -0.4 is 10.4 Å². The summed E-state index contributed by atoms with van der Waals surface area (Å²) in [5.74, 6) is 3.71. The monoisotopic (exact) mass is 408 g/mol. The van der Waals surface area contributed by atoms with Crippen molar-refractivity contribution in [2.75, 3.05) is 0 Å². The Morgan fingerprint density at radius 1 is 0.821 bits per heavy atom. The zero-order chi connectivity index (χ0) is 21.0. The van der Waals surface area contributed by atoms with Crippen LogP contribution in [0.3, 0.4) is 0 Å². The molecule has 0 saturated carbocycles. The maximum Gasteiger partial charge on any atom is 0.129 e. The largest absolute Gasteiger partial charge is 0.393 e. The van der Waals surface area contributed by atoms with Crippen LogP contribution in [-0.2, 0) is 0 Å². The molecule has 1 nitrogen and oxygen atoms in total. The van der Waals surface area contributed by atoms with Gasteiger partial charge in [-0.1, -0.05) is 118 Å². The van der Waals surface area contributed by atoms with Gasteiger partial charge in [0.25, 0.3) is 0 Å². The highest BCUT2D eigenvalue weighted by molar-refractivity contribution is 7.03. The van der Waals surface area contributed by atoms with E-state index in [1.807, 2.05) is 0 Å². The van der Waals surface area contributed by atoms with Gasteiger partial charge in [0, 0.05) is 5.54 Å². The van der Waals surface area contributed by atoms with Gasteiger partial charge in [0.2, 0.25) is 0 Å². The molecule has 3 heteroatoms. The highest BCUT2D eigenvalue weighted by atomic mass is 28.3. The van der Waals surface area contributed by atoms with E-state index < -0.39 is 16.1 Å². The van der Waals surface area contributed by atoms with Gasteiger partial charge in [-0.15, -0.1) is 11.5 Å². The van der Waals surface area contributed by atoms with Crippen molar-refractivity contribution in [2.45, 2.75) is 65.0 Å². The molecule has 0 bridgehead atoms. The molecular weight excluding hydrogens is 372 g/mol. The van der Waals surface area contributed by atoms with E-state index in [1.54, 1.807) is 0 Å². The lowest BCUT2D eigenvalue weighted by atomic mass is 9.86. The van der Waals surface area contributed by atoms with Crippen LogP contribution in [0.25, 0.3) is 0 Å². The summed E-state index contributed by atoms with van der Waals surface area (Å²) in [7, 11) is -3.70. The molecule has 0 fully saturated rings. The minimum Gasteiger partial charge on any atom is -0.393 e. The van der Waals surface area contributed by atoms with E-state index >= 15 is 0 Å². The zero-order valence-corrected chi connectivity index (χ0v) is 20.6. The van der Waals surface area contributed by atoms with Crippen LogP contribution >= 0.6 is 0 Å². The van der Waals surface area contributed by atoms with E-state index in [-0.39, 0.29) is 17.1 Å². The van der Waals surface area contributed by atoms with Gasteiger partial charge in [-0.25, -0.2) is 0 Å². The third kappa shape index (κ3) is 5.70. The molecule has 0 unspecified atom stereocenters. The fourth-order valence-corrected chi connectivity index (χ4v) is 8.17. The average Bonchev–Trinajstić information content (AvgIpc) is 2.64. The number of benzene rings is 2. The molecule has 0 amide bonds. The first-order chi connectivity index (χ1) is 12.9. The number of rotatable bonds is 5. The lowest BCUT2D eigenvalue weighted by Gasteiger charge is -2.38. The van der Waals surface area contributed by atoms with Crippen LogP contribution in [0.15, 0.2) is 60.7 Å². The molecule has 0 aliphatic rings. The van der Waals surface area contributed by atoms with Crippen LogP contribution in [0.5, 0.6) is 0 Å². The smallest absolute Gasteiger partial charge is 0.129 e. The van der Waals surface area contributed by atoms with Crippen LogP contribution in [0.4, 0.5) is 0 Å². The van der Waals surface area contributed by atoms with E-state index in [1.165, 1.54) is 10.4 Å². The van der Waals surface area contributed by atoms with Gasteiger partial charge in [0.15, 0.2) is 0 Å². The number of aliphatic hydroxyl groups is 1. The molecule has 0 saturated heterocycles. The van der Waals surface area contributed by atoms with E-state index in [0.29, 0.717) is 6.42 Å². The summed E-state index contributed by atoms with van der Waals surface area (Å²) in [6, 6.07) is 21.7. The molecular formula is C25H36OSi2. The topological polar surface area (TPSA) is 20.2 Å². The zero-order valence-electron chi connectivity index (χ0n) is 18.6. The maximum absolute atomic E-state index is 11.0. The van der Waals surface area contributed by atoms with Gasteiger partial charge in [-0.2, -0.15) is 0 Å². The SMILES string of the molecule is CC(C)(C)[C@@H](O)C[C@@H](C#C[Si](C)(C)C)[Si](C)(c1ccccc1)c1ccccc1. The van der Waals surface area contributed by atoms with Gasteiger partial charge >= 0.3 is 0 Å². The van der Waals surface area contributed by atoms with Crippen molar-refractivity contribution in [2.24, 2.45) is 5.41 Å². The van der Waals surface area contributed by atoms with Crippen LogP contribution in [0.1, 0.15) is 27.2 Å². The summed E-state index contributed by atoms with van der Waals surface area (Å²) in [5, 5.41) is 13.8. The molecule has 0 aliphatic carbocycles. The Balaban J connectivity index is 2.65. The Bertz CT molecular complexity index is 765. The van der Waals surface area contributed by atoms with Crippen molar-refractivity contribution < 1.29 is 5.11 Å². The van der Waals surface area contributed by atoms with Crippen LogP contribution in [0, 0.1) is 16.9 Å². The Morgan fingerprint density at radius 3 is 1.61 bits per heavy atom. The maximum atomic E-state index is 11.0. The van der Waals surface area contributed by atoms with Crippen LogP contribution in [0.2, 0.25) is 31.7 Å². The molecule has 1 N–H and O–H groups in total. The lowest BCUT2D eigenvalue weighted by molar-refractivity contribution is 0.0568. The third-order valence-electron chi connectivity index (χ3n) is 5.52. The first-order valence-corrected chi connectivity index (χ1v) is 16.3. The average molecular weight is 409 g/mol. The molecule has 2 aromatic carbocycles. The van der Waals surface area contributed by atoms with Gasteiger partial charge < -0.3 is 5.11 Å². The standard InChI is InChI=1S/C25H36OSi2/c1-25(2,3)24(26)20-23(18-19-27(4,5)6)28(7,21-14-10-8-11-15-21)22-16-12-9-13-17-22/h8-17,23-24,26H,20H2,1-7H3/t23-,24+/m1/s1. The summed E-state index contributed by atoms with van der Waals surface area (Å²) in [5.41, 5.74) is 3.65. The van der Waals surface area contributed by atoms with Gasteiger partial charge in [0.05, 0.1) is 6.10 Å². The molecule has 0 aromatic heterocycles. The Kier molecular flexibility index (Phi) is 7.14. The predicted molar refractivity (Wildman–Crippen MR) is 129 cm³/mol. The first kappa shape index (κ1) is 22.7. The van der Waals surface area contributed by atoms with Crippen molar-refractivity contribution in [1.29, 1.82) is 0 Å². The van der Waals surface area contributed by atoms with Gasteiger partial charge in [-0.3, -0.25) is 0 Å². The Labute approximate surface area is 174 Å². The molecule has 0 aliphatic heterocycles. The molecule has 150 valence electrons. The second-order valence-electron chi connectivity index (χ2n) is 10.1. The quantitative estimate of drug-likeness (QED) is 0.549. The molecule has 28 heavy (non-hydrogen) atoms. The molecule has 0 heterocycles. The summed E-state index contributed by atoms with van der Waals surface area (Å²) in [6.45, 7) is 15.7. The molecule has 2 rings (SSSR count). The molecule has 2 atom stereocenters. The van der Waals surface area contributed by atoms with Crippen molar-refractivity contribution in [3.8, 4) is 11.5 Å². The van der Waals surface area contributed by atoms with E-state index in [2.05, 4.69) is 119 Å². The number of hydrogen-bond donors (Lipinski definition) is 1. The van der Waals surface area contributed by atoms with Crippen molar-refractivity contribution >= 4 is 26.5 Å². The highest BCUT2D eigenvalue weighted by Crippen LogP contribution is 2.32. The molecule has 2 aromatic rings. The Morgan fingerprint density at radius 2 is 1.25 bits per heavy atom. The number of aliphatic hydroxyl groups excluding tert-OH is 1. The fourth-order valence-electron chi connectivity index (χ4n) is 3.46. The molecule has 0 radical (unpaired) electrons. The van der Waals surface area contributed by atoms with Crippen molar-refractivity contribution in [3.05, 3.63) is 60.7 Å². The summed E-state index contributed by atoms with van der Waals surface area (Å²) >= 11 is 0. The Hall–Kier alpha value is -1.61. The second kappa shape index (κ2) is 8.82. The van der Waals surface area contributed by atoms with Gasteiger partial charge in [-0.05, 0) is 11.8 Å². The van der Waals surface area contributed by atoms with E-state index in [0.717, 1.165) is 0 Å². The van der Waals surface area contributed by atoms with Gasteiger partial charge in [0.1, 0.15) is 16.1 Å². The van der Waals surface area contributed by atoms with Crippen molar-refractivity contribution in [3.63, 3.8) is 0 Å². The molecule has 0 spiro atoms. The summed E-state index contributed by atoms with van der Waals surface area (Å²) in [4.78, 5) is 0. The normalized spacial score (nSPS) is 14.7. The third-order valence-corrected chi connectivity index (χ3v) is 11.3. The second-order valence-corrected chi connectivity index (χ2v) is 19.1. The number of hydrogen-bond acceptors (Lipinski definition) is 1. The summed E-state index contributed by atoms with van der Waals surface area (Å²) in [6.07, 6.45) is 0.334.